The molecule has 0 unspecified atom stereocenters. The topological polar surface area (TPSA) is 47.0 Å². The van der Waals surface area contributed by atoms with Crippen molar-refractivity contribution in [3.8, 4) is 17.1 Å². The van der Waals surface area contributed by atoms with Crippen LogP contribution in [0.15, 0.2) is 285 Å². The second-order valence-electron chi connectivity index (χ2n) is 20.2. The summed E-state index contributed by atoms with van der Waals surface area (Å²) in [5, 5.41) is 9.14. The number of aromatic nitrogens is 5. The molecule has 0 radical (unpaired) electrons. The molecule has 0 atom stereocenters. The number of pyridine rings is 2. The Kier molecular flexibility index (Phi) is 10.1. The third kappa shape index (κ3) is 7.07. The fourth-order valence-electron chi connectivity index (χ4n) is 12.5. The van der Waals surface area contributed by atoms with Gasteiger partial charge in [0, 0.05) is 95.3 Å². The molecule has 0 bridgehead atoms. The lowest BCUT2D eigenvalue weighted by atomic mass is 10.1. The highest BCUT2D eigenvalue weighted by Gasteiger charge is 2.24. The van der Waals surface area contributed by atoms with Gasteiger partial charge in [0.2, 0.25) is 0 Å². The van der Waals surface area contributed by atoms with Gasteiger partial charge in [-0.15, -0.1) is 0 Å². The van der Waals surface area contributed by atoms with Crippen LogP contribution in [0.3, 0.4) is 0 Å². The van der Waals surface area contributed by atoms with Crippen LogP contribution in [0.5, 0.6) is 0 Å². The van der Waals surface area contributed by atoms with E-state index in [0.29, 0.717) is 0 Å². The molecule has 0 aliphatic heterocycles. The van der Waals surface area contributed by atoms with E-state index in [0.717, 1.165) is 106 Å². The van der Waals surface area contributed by atoms with E-state index in [4.69, 9.17) is 9.97 Å². The molecule has 7 heteroatoms. The highest BCUT2D eigenvalue weighted by Crippen LogP contribution is 2.47. The quantitative estimate of drug-likeness (QED) is 0.145. The molecule has 370 valence electrons. The Morgan fingerprint density at radius 1 is 0.228 bits per heavy atom. The molecule has 79 heavy (non-hydrogen) atoms. The zero-order valence-electron chi connectivity index (χ0n) is 42.8. The van der Waals surface area contributed by atoms with Crippen LogP contribution in [0.1, 0.15) is 0 Å². The van der Waals surface area contributed by atoms with E-state index in [1.54, 1.807) is 0 Å². The van der Waals surface area contributed by atoms with E-state index in [9.17, 15) is 0 Å². The minimum absolute atomic E-state index is 0.935. The predicted octanol–water partition coefficient (Wildman–Crippen LogP) is 19.0. The largest absolute Gasteiger partial charge is 0.310 e. The fraction of sp³-hybridized carbons (Fsp3) is 0. The predicted molar refractivity (Wildman–Crippen MR) is 329 cm³/mol. The van der Waals surface area contributed by atoms with E-state index in [-0.39, 0.29) is 0 Å². The number of benzene rings is 11. The van der Waals surface area contributed by atoms with Crippen molar-refractivity contribution in [3.05, 3.63) is 285 Å². The molecule has 0 fully saturated rings. The Balaban J connectivity index is 0.947. The standard InChI is InChI=1S/C72H47N7/c1-4-18-48(19-5-1)77-65-30-12-10-24-55(65)59-44-51(34-38-69(59)77)75(67-32-14-28-63-57(67)26-16-42-73-63)53-36-40-71-61(46-53)62-47-54(37-41-72(62)79(71)50-22-8-3-9-23-50)76(68-33-15-29-64-58(68)27-17-43-74-64)52-35-39-70-60(45-52)56-25-11-13-31-66(56)78(70)49-20-6-2-7-21-49/h1-47H. The SMILES string of the molecule is c1ccc(-n2c3ccccc3c3cc(N(c4ccc5c(c4)c4cc(N(c6ccc7c(c6)c6ccccc6n7-c6ccccc6)c6cccc7ncccc67)ccc4n5-c4ccccc4)c4cccc5ncccc45)ccc32)cc1. The Hall–Kier alpha value is -10.8. The summed E-state index contributed by atoms with van der Waals surface area (Å²) >= 11 is 0. The van der Waals surface area contributed by atoms with Crippen LogP contribution in [0.2, 0.25) is 0 Å². The van der Waals surface area contributed by atoms with Crippen molar-refractivity contribution in [2.24, 2.45) is 0 Å². The normalized spacial score (nSPS) is 11.8. The number of anilines is 6. The first-order chi connectivity index (χ1) is 39.2. The van der Waals surface area contributed by atoms with Gasteiger partial charge < -0.3 is 23.5 Å². The zero-order chi connectivity index (χ0) is 52.0. The van der Waals surface area contributed by atoms with Crippen molar-refractivity contribution < 1.29 is 0 Å². The van der Waals surface area contributed by atoms with Crippen LogP contribution in [0, 0.1) is 0 Å². The molecule has 0 aliphatic carbocycles. The summed E-state index contributed by atoms with van der Waals surface area (Å²) in [6.07, 6.45) is 3.75. The highest BCUT2D eigenvalue weighted by atomic mass is 15.2. The molecule has 5 heterocycles. The second-order valence-corrected chi connectivity index (χ2v) is 20.2. The van der Waals surface area contributed by atoms with Crippen LogP contribution in [0.25, 0.3) is 104 Å². The van der Waals surface area contributed by atoms with Gasteiger partial charge in [0.25, 0.3) is 0 Å². The number of para-hydroxylation sites is 5. The molecule has 0 N–H and O–H groups in total. The molecular weight excluding hydrogens is 963 g/mol. The third-order valence-corrected chi connectivity index (χ3v) is 15.8. The van der Waals surface area contributed by atoms with Gasteiger partial charge in [-0.25, -0.2) is 0 Å². The van der Waals surface area contributed by atoms with E-state index >= 15 is 0 Å². The Labute approximate surface area is 455 Å². The Bertz CT molecular complexity index is 4730. The smallest absolute Gasteiger partial charge is 0.0723 e. The molecule has 0 saturated heterocycles. The molecule has 0 saturated carbocycles. The summed E-state index contributed by atoms with van der Waals surface area (Å²) in [6, 6.07) is 98.7. The molecule has 7 nitrogen and oxygen atoms in total. The van der Waals surface area contributed by atoms with Gasteiger partial charge in [0.15, 0.2) is 0 Å². The minimum Gasteiger partial charge on any atom is -0.310 e. The lowest BCUT2D eigenvalue weighted by molar-refractivity contribution is 1.18. The first kappa shape index (κ1) is 44.5. The molecule has 16 rings (SSSR count). The summed E-state index contributed by atoms with van der Waals surface area (Å²) < 4.78 is 7.16. The lowest BCUT2D eigenvalue weighted by Crippen LogP contribution is -2.11. The van der Waals surface area contributed by atoms with Gasteiger partial charge >= 0.3 is 0 Å². The molecule has 0 spiro atoms. The number of rotatable bonds is 9. The van der Waals surface area contributed by atoms with Gasteiger partial charge in [-0.05, 0) is 170 Å². The zero-order valence-corrected chi connectivity index (χ0v) is 42.8. The number of hydrogen-bond donors (Lipinski definition) is 0. The van der Waals surface area contributed by atoms with Crippen molar-refractivity contribution in [3.63, 3.8) is 0 Å². The molecule has 5 aromatic heterocycles. The first-order valence-electron chi connectivity index (χ1n) is 26.8. The van der Waals surface area contributed by atoms with Crippen molar-refractivity contribution in [1.29, 1.82) is 0 Å². The van der Waals surface area contributed by atoms with Crippen molar-refractivity contribution in [2.75, 3.05) is 9.80 Å². The van der Waals surface area contributed by atoms with E-state index < -0.39 is 0 Å². The maximum atomic E-state index is 4.87. The summed E-state index contributed by atoms with van der Waals surface area (Å²) in [6.45, 7) is 0. The lowest BCUT2D eigenvalue weighted by Gasteiger charge is -2.27. The van der Waals surface area contributed by atoms with Crippen LogP contribution in [0.4, 0.5) is 34.1 Å². The van der Waals surface area contributed by atoms with Crippen LogP contribution in [-0.4, -0.2) is 23.7 Å². The summed E-state index contributed by atoms with van der Waals surface area (Å²) in [5.41, 5.74) is 18.3. The van der Waals surface area contributed by atoms with Gasteiger partial charge in [0.05, 0.1) is 55.5 Å². The third-order valence-electron chi connectivity index (χ3n) is 15.8. The first-order valence-corrected chi connectivity index (χ1v) is 26.8. The maximum Gasteiger partial charge on any atom is 0.0723 e. The number of nitrogens with zero attached hydrogens (tertiary/aromatic N) is 7. The second kappa shape index (κ2) is 17.9. The van der Waals surface area contributed by atoms with Crippen molar-refractivity contribution in [1.82, 2.24) is 23.7 Å². The van der Waals surface area contributed by atoms with Crippen LogP contribution >= 0.6 is 0 Å². The Morgan fingerprint density at radius 2 is 0.532 bits per heavy atom. The molecule has 11 aromatic carbocycles. The molecule has 0 aliphatic rings. The van der Waals surface area contributed by atoms with E-state index in [2.05, 4.69) is 284 Å². The average molecular weight is 1010 g/mol. The van der Waals surface area contributed by atoms with Gasteiger partial charge in [-0.2, -0.15) is 0 Å². The molecular formula is C72H47N7. The van der Waals surface area contributed by atoms with Crippen molar-refractivity contribution in [2.45, 2.75) is 0 Å². The van der Waals surface area contributed by atoms with Gasteiger partial charge in [-0.3, -0.25) is 9.97 Å². The van der Waals surface area contributed by atoms with Crippen LogP contribution in [-0.2, 0) is 0 Å². The number of fused-ring (bicyclic) bond motifs is 11. The van der Waals surface area contributed by atoms with Gasteiger partial charge in [0.1, 0.15) is 0 Å². The molecule has 0 amide bonds. The highest BCUT2D eigenvalue weighted by molar-refractivity contribution is 6.15. The maximum absolute atomic E-state index is 4.87. The number of hydrogen-bond acceptors (Lipinski definition) is 4. The summed E-state index contributed by atoms with van der Waals surface area (Å²) in [7, 11) is 0. The van der Waals surface area contributed by atoms with E-state index in [1.807, 2.05) is 24.5 Å². The fourth-order valence-corrected chi connectivity index (χ4v) is 12.5. The summed E-state index contributed by atoms with van der Waals surface area (Å²) in [5.74, 6) is 0. The Morgan fingerprint density at radius 3 is 0.899 bits per heavy atom. The summed E-state index contributed by atoms with van der Waals surface area (Å²) in [4.78, 5) is 14.6. The molecule has 16 aromatic rings. The monoisotopic (exact) mass is 1010 g/mol. The van der Waals surface area contributed by atoms with Gasteiger partial charge in [-0.1, -0.05) is 103 Å². The van der Waals surface area contributed by atoms with E-state index in [1.165, 1.54) is 32.6 Å². The minimum atomic E-state index is 0.935. The van der Waals surface area contributed by atoms with Crippen molar-refractivity contribution >= 4 is 121 Å². The van der Waals surface area contributed by atoms with Crippen LogP contribution < -0.4 is 9.80 Å². The average Bonchev–Trinajstić information content (AvgIpc) is 4.37.